The number of hydrogen-bond acceptors (Lipinski definition) is 1. The summed E-state index contributed by atoms with van der Waals surface area (Å²) in [7, 11) is 0. The van der Waals surface area contributed by atoms with Gasteiger partial charge in [-0.25, -0.2) is 4.98 Å². The van der Waals surface area contributed by atoms with Crippen LogP contribution in [0, 0.1) is 0 Å². The lowest BCUT2D eigenvalue weighted by molar-refractivity contribution is 1.11. The van der Waals surface area contributed by atoms with E-state index in [1.807, 2.05) is 0 Å². The maximum atomic E-state index is 5.00. The molecule has 0 aliphatic carbocycles. The second-order valence-electron chi connectivity index (χ2n) is 8.91. The maximum Gasteiger partial charge on any atom is 0.0824 e. The van der Waals surface area contributed by atoms with E-state index in [0.717, 1.165) is 27.8 Å². The minimum atomic E-state index is 1.04. The van der Waals surface area contributed by atoms with Crippen LogP contribution in [0.25, 0.3) is 61.0 Å². The minimum absolute atomic E-state index is 1.04. The molecule has 0 amide bonds. The Hall–Kier alpha value is -4.69. The van der Waals surface area contributed by atoms with Crippen molar-refractivity contribution in [2.45, 2.75) is 0 Å². The summed E-state index contributed by atoms with van der Waals surface area (Å²) in [5.74, 6) is 0. The molecule has 0 radical (unpaired) electrons. The van der Waals surface area contributed by atoms with Crippen LogP contribution in [0.5, 0.6) is 0 Å². The molecule has 5 aromatic rings. The molecule has 0 spiro atoms. The second kappa shape index (κ2) is 7.96. The highest BCUT2D eigenvalue weighted by atomic mass is 15.0. The molecular weight excluding hydrogens is 424 g/mol. The molecule has 0 bridgehead atoms. The van der Waals surface area contributed by atoms with Crippen molar-refractivity contribution in [1.29, 1.82) is 0 Å². The average Bonchev–Trinajstić information content (AvgIpc) is 3.32. The van der Waals surface area contributed by atoms with Gasteiger partial charge in [-0.1, -0.05) is 97.1 Å². The van der Waals surface area contributed by atoms with Crippen LogP contribution in [0.2, 0.25) is 0 Å². The zero-order valence-electron chi connectivity index (χ0n) is 19.1. The molecule has 0 N–H and O–H groups in total. The molecule has 0 unspecified atom stereocenters. The first kappa shape index (κ1) is 19.7. The molecule has 0 aromatic heterocycles. The van der Waals surface area contributed by atoms with E-state index in [-0.39, 0.29) is 0 Å². The predicted molar refractivity (Wildman–Crippen MR) is 146 cm³/mol. The van der Waals surface area contributed by atoms with Crippen LogP contribution in [0.15, 0.2) is 134 Å². The minimum Gasteiger partial charge on any atom is -0.316 e. The van der Waals surface area contributed by atoms with Crippen molar-refractivity contribution in [2.75, 3.05) is 0 Å². The van der Waals surface area contributed by atoms with Gasteiger partial charge >= 0.3 is 0 Å². The zero-order chi connectivity index (χ0) is 23.2. The molecule has 0 saturated carbocycles. The topological polar surface area (TPSA) is 17.8 Å². The number of nitrogens with zero attached hydrogens (tertiary/aromatic N) is 2. The molecule has 2 heteroatoms. The highest BCUT2D eigenvalue weighted by Gasteiger charge is 2.18. The Morgan fingerprint density at radius 1 is 0.486 bits per heavy atom. The van der Waals surface area contributed by atoms with Crippen LogP contribution in [0.4, 0.5) is 0 Å². The summed E-state index contributed by atoms with van der Waals surface area (Å²) in [5, 5.41) is 2.34. The molecule has 164 valence electrons. The fourth-order valence-corrected chi connectivity index (χ4v) is 5.08. The van der Waals surface area contributed by atoms with Crippen LogP contribution in [-0.4, -0.2) is 9.55 Å². The van der Waals surface area contributed by atoms with Crippen LogP contribution in [0.3, 0.4) is 0 Å². The summed E-state index contributed by atoms with van der Waals surface area (Å²) < 4.78 is 2.32. The van der Waals surface area contributed by atoms with Gasteiger partial charge in [-0.3, -0.25) is 0 Å². The van der Waals surface area contributed by atoms with Gasteiger partial charge in [0.2, 0.25) is 0 Å². The van der Waals surface area contributed by atoms with E-state index < -0.39 is 0 Å². The van der Waals surface area contributed by atoms with Crippen LogP contribution in [-0.2, 0) is 0 Å². The lowest BCUT2D eigenvalue weighted by Gasteiger charge is -2.18. The van der Waals surface area contributed by atoms with Gasteiger partial charge in [-0.2, -0.15) is 0 Å². The summed E-state index contributed by atoms with van der Waals surface area (Å²) in [5.41, 5.74) is 10.4. The highest BCUT2D eigenvalue weighted by Crippen LogP contribution is 2.38. The standard InChI is InChI=1S/C33H22N2/c1-3-11-23(12-4-1)25-19-26(24-13-5-2-6-14-24)21-27(20-25)35-22-30-28-15-7-9-17-31(28)34-33(30)29-16-8-10-18-32(29)35/h1-22H. The molecular formula is C33H22N2. The van der Waals surface area contributed by atoms with Crippen molar-refractivity contribution in [2.24, 2.45) is 0 Å². The Kier molecular flexibility index (Phi) is 4.49. The van der Waals surface area contributed by atoms with E-state index in [2.05, 4.69) is 138 Å². The summed E-state index contributed by atoms with van der Waals surface area (Å²) in [6.45, 7) is 0. The first-order valence-electron chi connectivity index (χ1n) is 11.9. The molecule has 2 aliphatic heterocycles. The van der Waals surface area contributed by atoms with Crippen molar-refractivity contribution in [3.8, 4) is 39.2 Å². The van der Waals surface area contributed by atoms with Gasteiger partial charge < -0.3 is 4.57 Å². The molecule has 0 fully saturated rings. The Labute approximate surface area is 204 Å². The molecule has 7 rings (SSSR count). The Balaban J connectivity index is 1.57. The predicted octanol–water partition coefficient (Wildman–Crippen LogP) is 8.62. The zero-order valence-corrected chi connectivity index (χ0v) is 19.1. The van der Waals surface area contributed by atoms with Gasteiger partial charge in [0.15, 0.2) is 0 Å². The van der Waals surface area contributed by atoms with Gasteiger partial charge in [0.1, 0.15) is 0 Å². The first-order chi connectivity index (χ1) is 17.3. The van der Waals surface area contributed by atoms with Crippen molar-refractivity contribution in [3.05, 3.63) is 134 Å². The molecule has 2 aliphatic rings. The van der Waals surface area contributed by atoms with Crippen molar-refractivity contribution in [3.63, 3.8) is 0 Å². The fourth-order valence-electron chi connectivity index (χ4n) is 5.08. The normalized spacial score (nSPS) is 11.4. The number of fused-ring (bicyclic) bond motifs is 5. The molecule has 2 nitrogen and oxygen atoms in total. The van der Waals surface area contributed by atoms with E-state index in [1.165, 1.54) is 33.2 Å². The monoisotopic (exact) mass is 446 g/mol. The van der Waals surface area contributed by atoms with E-state index >= 15 is 0 Å². The first-order valence-corrected chi connectivity index (χ1v) is 11.9. The molecule has 0 atom stereocenters. The van der Waals surface area contributed by atoms with E-state index in [0.29, 0.717) is 0 Å². The molecule has 0 saturated heterocycles. The van der Waals surface area contributed by atoms with Gasteiger partial charge in [-0.05, 0) is 52.6 Å². The number of para-hydroxylation sites is 2. The Morgan fingerprint density at radius 2 is 1.06 bits per heavy atom. The van der Waals surface area contributed by atoms with Gasteiger partial charge in [0, 0.05) is 28.2 Å². The van der Waals surface area contributed by atoms with Crippen LogP contribution in [0.1, 0.15) is 0 Å². The second-order valence-corrected chi connectivity index (χ2v) is 8.91. The average molecular weight is 447 g/mol. The summed E-state index contributed by atoms with van der Waals surface area (Å²) in [6.07, 6.45) is 2.26. The van der Waals surface area contributed by atoms with Gasteiger partial charge in [0.25, 0.3) is 0 Å². The lowest BCUT2D eigenvalue weighted by atomic mass is 9.97. The van der Waals surface area contributed by atoms with Crippen LogP contribution >= 0.6 is 0 Å². The molecule has 5 aromatic carbocycles. The van der Waals surface area contributed by atoms with Crippen molar-refractivity contribution >= 4 is 21.8 Å². The highest BCUT2D eigenvalue weighted by molar-refractivity contribution is 6.06. The third kappa shape index (κ3) is 3.31. The van der Waals surface area contributed by atoms with Gasteiger partial charge in [-0.15, -0.1) is 0 Å². The number of pyridine rings is 1. The largest absolute Gasteiger partial charge is 0.316 e. The van der Waals surface area contributed by atoms with Gasteiger partial charge in [0.05, 0.1) is 16.7 Å². The van der Waals surface area contributed by atoms with Crippen LogP contribution < -0.4 is 0 Å². The smallest absolute Gasteiger partial charge is 0.0824 e. The van der Waals surface area contributed by atoms with Crippen molar-refractivity contribution < 1.29 is 0 Å². The molecule has 2 heterocycles. The quantitative estimate of drug-likeness (QED) is 0.266. The van der Waals surface area contributed by atoms with E-state index in [1.54, 1.807) is 0 Å². The lowest BCUT2D eigenvalue weighted by Crippen LogP contribution is -2.01. The maximum absolute atomic E-state index is 5.00. The third-order valence-corrected chi connectivity index (χ3v) is 6.77. The Morgan fingerprint density at radius 3 is 1.74 bits per heavy atom. The number of benzene rings is 5. The summed E-state index contributed by atoms with van der Waals surface area (Å²) >= 11 is 0. The number of rotatable bonds is 3. The fraction of sp³-hybridized carbons (Fsp3) is 0. The Bertz CT molecular complexity index is 1720. The van der Waals surface area contributed by atoms with Crippen molar-refractivity contribution in [1.82, 2.24) is 9.55 Å². The SMILES string of the molecule is c1ccc(-c2cc(-c3ccccc3)cc(-n3cc4c5ccccc5nc-4c4ccccc43)c2)cc1. The summed E-state index contributed by atoms with van der Waals surface area (Å²) in [6, 6.07) is 45.1. The summed E-state index contributed by atoms with van der Waals surface area (Å²) in [4.78, 5) is 5.00. The number of aromatic nitrogens is 2. The molecule has 35 heavy (non-hydrogen) atoms. The van der Waals surface area contributed by atoms with E-state index in [4.69, 9.17) is 4.98 Å². The number of hydrogen-bond donors (Lipinski definition) is 0. The third-order valence-electron chi connectivity index (χ3n) is 6.77. The van der Waals surface area contributed by atoms with E-state index in [9.17, 15) is 0 Å².